The van der Waals surface area contributed by atoms with Crippen molar-refractivity contribution in [1.29, 1.82) is 0 Å². The molecule has 0 unspecified atom stereocenters. The summed E-state index contributed by atoms with van der Waals surface area (Å²) >= 11 is 0. The molecule has 2 fully saturated rings. The maximum absolute atomic E-state index is 15.0. The molecule has 0 spiro atoms. The van der Waals surface area contributed by atoms with Crippen LogP contribution < -0.4 is 0 Å². The van der Waals surface area contributed by atoms with E-state index in [0.717, 1.165) is 49.7 Å². The largest absolute Gasteiger partial charge is 0.204 e. The summed E-state index contributed by atoms with van der Waals surface area (Å²) in [6.07, 6.45) is 12.1. The zero-order valence-electron chi connectivity index (χ0n) is 20.0. The van der Waals surface area contributed by atoms with Crippen LogP contribution in [-0.2, 0) is 12.8 Å². The van der Waals surface area contributed by atoms with Crippen LogP contribution in [0.3, 0.4) is 0 Å². The fourth-order valence-corrected chi connectivity index (χ4v) is 6.40. The molecule has 0 atom stereocenters. The van der Waals surface area contributed by atoms with Gasteiger partial charge in [-0.15, -0.1) is 0 Å². The van der Waals surface area contributed by atoms with E-state index in [1.54, 1.807) is 12.1 Å². The lowest BCUT2D eigenvalue weighted by atomic mass is 9.68. The lowest BCUT2D eigenvalue weighted by molar-refractivity contribution is 0.156. The Labute approximate surface area is 200 Å². The van der Waals surface area contributed by atoms with E-state index in [2.05, 4.69) is 6.92 Å². The highest BCUT2D eigenvalue weighted by molar-refractivity contribution is 5.30. The smallest absolute Gasteiger partial charge is 0.194 e. The Bertz CT molecular complexity index is 946. The summed E-state index contributed by atoms with van der Waals surface area (Å²) in [5.41, 5.74) is 0.830. The van der Waals surface area contributed by atoms with E-state index in [4.69, 9.17) is 0 Å². The van der Waals surface area contributed by atoms with Crippen molar-refractivity contribution >= 4 is 0 Å². The quantitative estimate of drug-likeness (QED) is 0.275. The van der Waals surface area contributed by atoms with Crippen LogP contribution in [0.4, 0.5) is 22.0 Å². The molecule has 0 amide bonds. The third kappa shape index (κ3) is 5.66. The number of halogens is 5. The maximum Gasteiger partial charge on any atom is 0.194 e. The topological polar surface area (TPSA) is 0 Å². The molecule has 2 saturated carbocycles. The van der Waals surface area contributed by atoms with Crippen LogP contribution in [0.25, 0.3) is 0 Å². The number of rotatable bonds is 7. The summed E-state index contributed by atoms with van der Waals surface area (Å²) in [5, 5.41) is 0. The van der Waals surface area contributed by atoms with Crippen LogP contribution in [0, 0.1) is 46.8 Å². The summed E-state index contributed by atoms with van der Waals surface area (Å²) in [6, 6.07) is 5.07. The molecule has 0 radical (unpaired) electrons. The van der Waals surface area contributed by atoms with Crippen LogP contribution in [0.1, 0.15) is 93.7 Å². The third-order valence-corrected chi connectivity index (χ3v) is 8.39. The Morgan fingerprint density at radius 1 is 0.676 bits per heavy atom. The first-order valence-electron chi connectivity index (χ1n) is 13.0. The van der Waals surface area contributed by atoms with Crippen molar-refractivity contribution < 1.29 is 22.0 Å². The van der Waals surface area contributed by atoms with Crippen LogP contribution in [0.15, 0.2) is 24.3 Å². The minimum atomic E-state index is -1.52. The molecule has 0 aliphatic heterocycles. The van der Waals surface area contributed by atoms with Gasteiger partial charge in [0.15, 0.2) is 29.1 Å². The van der Waals surface area contributed by atoms with E-state index >= 15 is 0 Å². The van der Waals surface area contributed by atoms with Gasteiger partial charge in [0.05, 0.1) is 0 Å². The molecule has 0 N–H and O–H groups in total. The van der Waals surface area contributed by atoms with Gasteiger partial charge in [0.2, 0.25) is 0 Å². The molecule has 0 saturated heterocycles. The summed E-state index contributed by atoms with van der Waals surface area (Å²) in [6.45, 7) is 2.26. The van der Waals surface area contributed by atoms with Gasteiger partial charge < -0.3 is 0 Å². The highest BCUT2D eigenvalue weighted by Crippen LogP contribution is 2.45. The van der Waals surface area contributed by atoms with E-state index < -0.39 is 29.1 Å². The zero-order chi connectivity index (χ0) is 24.2. The molecule has 34 heavy (non-hydrogen) atoms. The normalized spacial score (nSPS) is 25.5. The second kappa shape index (κ2) is 11.2. The van der Waals surface area contributed by atoms with Gasteiger partial charge in [0, 0.05) is 0 Å². The zero-order valence-corrected chi connectivity index (χ0v) is 20.0. The lowest BCUT2D eigenvalue weighted by Gasteiger charge is -2.38. The molecule has 186 valence electrons. The summed E-state index contributed by atoms with van der Waals surface area (Å²) in [5.74, 6) is -3.31. The first-order chi connectivity index (χ1) is 16.4. The van der Waals surface area contributed by atoms with Gasteiger partial charge in [-0.05, 0) is 104 Å². The summed E-state index contributed by atoms with van der Waals surface area (Å²) < 4.78 is 69.8. The summed E-state index contributed by atoms with van der Waals surface area (Å²) in [4.78, 5) is 0. The molecule has 2 aromatic rings. The SMILES string of the molecule is CCCC1CCC(C2CCC(c3ccc(CCc4cc(F)c(F)c(F)c4)c(F)c3F)CC2)CC1. The molecule has 0 bridgehead atoms. The number of aryl methyl sites for hydroxylation is 2. The molecule has 0 nitrogen and oxygen atoms in total. The van der Waals surface area contributed by atoms with Crippen molar-refractivity contribution in [2.24, 2.45) is 17.8 Å². The molecule has 2 aliphatic carbocycles. The Morgan fingerprint density at radius 3 is 1.85 bits per heavy atom. The molecule has 0 heterocycles. The number of hydrogen-bond donors (Lipinski definition) is 0. The van der Waals surface area contributed by atoms with Crippen molar-refractivity contribution in [3.8, 4) is 0 Å². The first kappa shape index (κ1) is 25.2. The van der Waals surface area contributed by atoms with E-state index in [0.29, 0.717) is 11.5 Å². The van der Waals surface area contributed by atoms with Crippen LogP contribution in [-0.4, -0.2) is 0 Å². The molecule has 5 heteroatoms. The fourth-order valence-electron chi connectivity index (χ4n) is 6.40. The maximum atomic E-state index is 15.0. The van der Waals surface area contributed by atoms with Gasteiger partial charge in [-0.25, -0.2) is 22.0 Å². The summed E-state index contributed by atoms with van der Waals surface area (Å²) in [7, 11) is 0. The van der Waals surface area contributed by atoms with E-state index in [1.165, 1.54) is 38.5 Å². The Morgan fingerprint density at radius 2 is 1.26 bits per heavy atom. The molecule has 2 aliphatic rings. The molecular weight excluding hydrogens is 443 g/mol. The monoisotopic (exact) mass is 478 g/mol. The second-order valence-corrected chi connectivity index (χ2v) is 10.5. The highest BCUT2D eigenvalue weighted by Gasteiger charge is 2.32. The highest BCUT2D eigenvalue weighted by atomic mass is 19.2. The molecular formula is C29H35F5. The Kier molecular flexibility index (Phi) is 8.31. The predicted molar refractivity (Wildman–Crippen MR) is 125 cm³/mol. The van der Waals surface area contributed by atoms with Crippen LogP contribution in [0.2, 0.25) is 0 Å². The minimum Gasteiger partial charge on any atom is -0.204 e. The van der Waals surface area contributed by atoms with Gasteiger partial charge in [-0.1, -0.05) is 44.7 Å². The van der Waals surface area contributed by atoms with E-state index in [9.17, 15) is 22.0 Å². The predicted octanol–water partition coefficient (Wildman–Crippen LogP) is 9.05. The van der Waals surface area contributed by atoms with Crippen molar-refractivity contribution in [1.82, 2.24) is 0 Å². The van der Waals surface area contributed by atoms with Crippen molar-refractivity contribution in [2.45, 2.75) is 89.9 Å². The van der Waals surface area contributed by atoms with Gasteiger partial charge in [0.1, 0.15) is 0 Å². The number of hydrogen-bond acceptors (Lipinski definition) is 0. The average molecular weight is 479 g/mol. The molecule has 4 rings (SSSR count). The van der Waals surface area contributed by atoms with E-state index in [1.807, 2.05) is 0 Å². The molecule has 0 aromatic heterocycles. The first-order valence-corrected chi connectivity index (χ1v) is 13.0. The lowest BCUT2D eigenvalue weighted by Crippen LogP contribution is -2.25. The van der Waals surface area contributed by atoms with Gasteiger partial charge in [-0.3, -0.25) is 0 Å². The Hall–Kier alpha value is -1.91. The molecule has 2 aromatic carbocycles. The van der Waals surface area contributed by atoms with Crippen molar-refractivity contribution in [3.05, 3.63) is 70.0 Å². The fraction of sp³-hybridized carbons (Fsp3) is 0.586. The van der Waals surface area contributed by atoms with Crippen LogP contribution in [0.5, 0.6) is 0 Å². The van der Waals surface area contributed by atoms with E-state index in [-0.39, 0.29) is 29.9 Å². The third-order valence-electron chi connectivity index (χ3n) is 8.39. The van der Waals surface area contributed by atoms with Gasteiger partial charge >= 0.3 is 0 Å². The second-order valence-electron chi connectivity index (χ2n) is 10.5. The van der Waals surface area contributed by atoms with Crippen molar-refractivity contribution in [2.75, 3.05) is 0 Å². The van der Waals surface area contributed by atoms with Crippen molar-refractivity contribution in [3.63, 3.8) is 0 Å². The average Bonchev–Trinajstić information content (AvgIpc) is 2.84. The van der Waals surface area contributed by atoms with Crippen LogP contribution >= 0.6 is 0 Å². The minimum absolute atomic E-state index is 0.0384. The van der Waals surface area contributed by atoms with Gasteiger partial charge in [-0.2, -0.15) is 0 Å². The van der Waals surface area contributed by atoms with Gasteiger partial charge in [0.25, 0.3) is 0 Å². The number of benzene rings is 2. The Balaban J connectivity index is 1.34. The standard InChI is InChI=1S/C29H35F5/c1-2-3-18-4-7-20(8-5-18)21-10-12-22(13-11-21)24-15-14-23(27(32)28(24)33)9-6-19-16-25(30)29(34)26(31)17-19/h14-18,20-22H,2-13H2,1H3.